The molecular formula is C25H29N3O4. The van der Waals surface area contributed by atoms with Crippen LogP contribution < -0.4 is 10.1 Å². The van der Waals surface area contributed by atoms with Crippen LogP contribution in [0, 0.1) is 5.92 Å². The van der Waals surface area contributed by atoms with Crippen molar-refractivity contribution in [3.8, 4) is 5.75 Å². The molecule has 0 unspecified atom stereocenters. The van der Waals surface area contributed by atoms with Crippen molar-refractivity contribution in [2.45, 2.75) is 39.3 Å². The number of hydrogen-bond donors (Lipinski definition) is 1. The van der Waals surface area contributed by atoms with E-state index in [1.165, 1.54) is 11.1 Å². The third-order valence-corrected chi connectivity index (χ3v) is 5.76. The molecule has 0 aromatic heterocycles. The number of nitrogens with one attached hydrogen (secondary N) is 1. The van der Waals surface area contributed by atoms with E-state index in [0.29, 0.717) is 19.1 Å². The van der Waals surface area contributed by atoms with Crippen molar-refractivity contribution in [2.75, 3.05) is 19.8 Å². The van der Waals surface area contributed by atoms with E-state index in [2.05, 4.69) is 22.3 Å². The summed E-state index contributed by atoms with van der Waals surface area (Å²) >= 11 is 0. The van der Waals surface area contributed by atoms with Gasteiger partial charge in [-0.15, -0.1) is 0 Å². The fourth-order valence-corrected chi connectivity index (χ4v) is 4.12. The molecule has 0 saturated carbocycles. The maximum Gasteiger partial charge on any atom is 0.321 e. The zero-order chi connectivity index (χ0) is 22.5. The first-order chi connectivity index (χ1) is 15.6. The summed E-state index contributed by atoms with van der Waals surface area (Å²) in [5.41, 5.74) is 3.31. The normalized spacial score (nSPS) is 20.1. The number of carbonyl (C=O) groups excluding carboxylic acids is 2. The standard InChI is InChI=1S/C25H29N3O4/c1-3-15-32-20-11-9-18(10-12-20)22-21(24(30)31-4-2)23(29)27-25(26-22)28-14-13-17-7-5-6-8-19(17)16-28/h5-12,21-22H,3-4,13-16H2,1-2H3,(H,26,27,29)/t21-,22-/m1/s1. The van der Waals surface area contributed by atoms with Gasteiger partial charge in [0.25, 0.3) is 0 Å². The van der Waals surface area contributed by atoms with Crippen molar-refractivity contribution in [3.05, 3.63) is 65.2 Å². The highest BCUT2D eigenvalue weighted by Crippen LogP contribution is 2.32. The third kappa shape index (κ3) is 4.61. The highest BCUT2D eigenvalue weighted by atomic mass is 16.5. The minimum Gasteiger partial charge on any atom is -0.494 e. The average Bonchev–Trinajstić information content (AvgIpc) is 2.82. The number of hydrogen-bond acceptors (Lipinski definition) is 6. The van der Waals surface area contributed by atoms with Gasteiger partial charge in [-0.3, -0.25) is 14.9 Å². The minimum atomic E-state index is -1.03. The van der Waals surface area contributed by atoms with Gasteiger partial charge < -0.3 is 14.4 Å². The summed E-state index contributed by atoms with van der Waals surface area (Å²) in [6.07, 6.45) is 1.79. The molecule has 2 aliphatic rings. The molecule has 0 aliphatic carbocycles. The first-order valence-corrected chi connectivity index (χ1v) is 11.2. The molecule has 2 heterocycles. The van der Waals surface area contributed by atoms with Crippen LogP contribution in [0.3, 0.4) is 0 Å². The maximum absolute atomic E-state index is 13.1. The van der Waals surface area contributed by atoms with Crippen LogP contribution in [0.1, 0.15) is 43.0 Å². The van der Waals surface area contributed by atoms with Gasteiger partial charge >= 0.3 is 5.97 Å². The first-order valence-electron chi connectivity index (χ1n) is 11.2. The molecule has 2 aromatic rings. The van der Waals surface area contributed by atoms with Crippen LogP contribution in [0.5, 0.6) is 5.75 Å². The van der Waals surface area contributed by atoms with Crippen LogP contribution in [0.25, 0.3) is 0 Å². The molecule has 168 valence electrons. The Morgan fingerprint density at radius 3 is 2.59 bits per heavy atom. The second-order valence-electron chi connectivity index (χ2n) is 7.97. The van der Waals surface area contributed by atoms with Gasteiger partial charge in [-0.1, -0.05) is 43.3 Å². The Morgan fingerprint density at radius 1 is 1.12 bits per heavy atom. The van der Waals surface area contributed by atoms with Gasteiger partial charge in [0, 0.05) is 13.1 Å². The highest BCUT2D eigenvalue weighted by molar-refractivity contribution is 6.08. The number of esters is 1. The largest absolute Gasteiger partial charge is 0.494 e. The van der Waals surface area contributed by atoms with Crippen LogP contribution in [0.4, 0.5) is 0 Å². The SMILES string of the molecule is CCCOc1ccc([C@H]2N=C(N3CCc4ccccc4C3)NC(=O)[C@@H]2C(=O)OCC)cc1. The summed E-state index contributed by atoms with van der Waals surface area (Å²) < 4.78 is 10.9. The fraction of sp³-hybridized carbons (Fsp3) is 0.400. The quantitative estimate of drug-likeness (QED) is 0.557. The van der Waals surface area contributed by atoms with Crippen LogP contribution >= 0.6 is 0 Å². The molecule has 2 atom stereocenters. The number of fused-ring (bicyclic) bond motifs is 1. The van der Waals surface area contributed by atoms with Crippen molar-refractivity contribution in [1.82, 2.24) is 10.2 Å². The molecular weight excluding hydrogens is 406 g/mol. The molecule has 0 spiro atoms. The summed E-state index contributed by atoms with van der Waals surface area (Å²) in [6, 6.07) is 15.1. The highest BCUT2D eigenvalue weighted by Gasteiger charge is 2.42. The number of amides is 1. The third-order valence-electron chi connectivity index (χ3n) is 5.76. The lowest BCUT2D eigenvalue weighted by molar-refractivity contribution is -0.153. The molecule has 4 rings (SSSR count). The van der Waals surface area contributed by atoms with Crippen molar-refractivity contribution in [3.63, 3.8) is 0 Å². The molecule has 32 heavy (non-hydrogen) atoms. The Morgan fingerprint density at radius 2 is 1.88 bits per heavy atom. The van der Waals surface area contributed by atoms with E-state index >= 15 is 0 Å². The molecule has 1 N–H and O–H groups in total. The van der Waals surface area contributed by atoms with Crippen molar-refractivity contribution < 1.29 is 19.1 Å². The van der Waals surface area contributed by atoms with Gasteiger partial charge in [-0.2, -0.15) is 0 Å². The summed E-state index contributed by atoms with van der Waals surface area (Å²) in [4.78, 5) is 32.6. The summed E-state index contributed by atoms with van der Waals surface area (Å²) in [5.74, 6) is -0.725. The lowest BCUT2D eigenvalue weighted by atomic mass is 9.91. The maximum atomic E-state index is 13.1. The van der Waals surface area contributed by atoms with E-state index in [-0.39, 0.29) is 12.5 Å². The Hall–Kier alpha value is -3.35. The second kappa shape index (κ2) is 9.85. The number of benzene rings is 2. The van der Waals surface area contributed by atoms with E-state index in [9.17, 15) is 9.59 Å². The van der Waals surface area contributed by atoms with Crippen LogP contribution in [-0.2, 0) is 27.3 Å². The van der Waals surface area contributed by atoms with Crippen molar-refractivity contribution in [1.29, 1.82) is 0 Å². The van der Waals surface area contributed by atoms with E-state index in [1.54, 1.807) is 6.92 Å². The molecule has 7 nitrogen and oxygen atoms in total. The molecule has 0 radical (unpaired) electrons. The van der Waals surface area contributed by atoms with Crippen LogP contribution in [-0.4, -0.2) is 42.5 Å². The molecule has 2 aliphatic heterocycles. The molecule has 0 fully saturated rings. The smallest absolute Gasteiger partial charge is 0.321 e. The number of nitrogens with zero attached hydrogens (tertiary/aromatic N) is 2. The van der Waals surface area contributed by atoms with Gasteiger partial charge in [0.1, 0.15) is 11.8 Å². The van der Waals surface area contributed by atoms with Gasteiger partial charge in [-0.25, -0.2) is 4.99 Å². The summed E-state index contributed by atoms with van der Waals surface area (Å²) in [5, 5.41) is 2.86. The van der Waals surface area contributed by atoms with Gasteiger partial charge in [0.05, 0.1) is 13.2 Å². The predicted octanol–water partition coefficient (Wildman–Crippen LogP) is 3.24. The van der Waals surface area contributed by atoms with Crippen LogP contribution in [0.2, 0.25) is 0 Å². The zero-order valence-electron chi connectivity index (χ0n) is 18.5. The Bertz CT molecular complexity index is 1000. The van der Waals surface area contributed by atoms with E-state index in [1.807, 2.05) is 43.3 Å². The van der Waals surface area contributed by atoms with Gasteiger partial charge in [0.2, 0.25) is 11.9 Å². The average molecular weight is 436 g/mol. The summed E-state index contributed by atoms with van der Waals surface area (Å²) in [6.45, 7) is 6.03. The summed E-state index contributed by atoms with van der Waals surface area (Å²) in [7, 11) is 0. The lowest BCUT2D eigenvalue weighted by Gasteiger charge is -2.36. The molecule has 0 saturated heterocycles. The lowest BCUT2D eigenvalue weighted by Crippen LogP contribution is -2.53. The van der Waals surface area contributed by atoms with Gasteiger partial charge in [-0.05, 0) is 48.6 Å². The number of ether oxygens (including phenoxy) is 2. The minimum absolute atomic E-state index is 0.207. The molecule has 1 amide bonds. The van der Waals surface area contributed by atoms with Crippen molar-refractivity contribution in [2.24, 2.45) is 10.9 Å². The Kier molecular flexibility index (Phi) is 6.73. The molecule has 0 bridgehead atoms. The number of rotatable bonds is 6. The second-order valence-corrected chi connectivity index (χ2v) is 7.97. The zero-order valence-corrected chi connectivity index (χ0v) is 18.5. The van der Waals surface area contributed by atoms with E-state index in [0.717, 1.165) is 30.7 Å². The Balaban J connectivity index is 1.64. The van der Waals surface area contributed by atoms with E-state index < -0.39 is 17.9 Å². The first kappa shape index (κ1) is 21.9. The monoisotopic (exact) mass is 435 g/mol. The number of carbonyl (C=O) groups is 2. The van der Waals surface area contributed by atoms with Gasteiger partial charge in [0.15, 0.2) is 5.92 Å². The number of aliphatic imine (C=N–C) groups is 1. The molecule has 2 aromatic carbocycles. The Labute approximate surface area is 188 Å². The van der Waals surface area contributed by atoms with Crippen molar-refractivity contribution >= 4 is 17.8 Å². The van der Waals surface area contributed by atoms with E-state index in [4.69, 9.17) is 14.5 Å². The predicted molar refractivity (Wildman–Crippen MR) is 121 cm³/mol. The number of guanidine groups is 1. The fourth-order valence-electron chi connectivity index (χ4n) is 4.12. The topological polar surface area (TPSA) is 80.2 Å². The molecule has 7 heteroatoms. The van der Waals surface area contributed by atoms with Crippen LogP contribution in [0.15, 0.2) is 53.5 Å².